The van der Waals surface area contributed by atoms with E-state index in [4.69, 9.17) is 0 Å². The summed E-state index contributed by atoms with van der Waals surface area (Å²) in [6, 6.07) is 14.7. The average molecular weight is 262 g/mol. The Balaban J connectivity index is 2.53. The zero-order valence-electron chi connectivity index (χ0n) is 11.4. The molecule has 0 heterocycles. The van der Waals surface area contributed by atoms with E-state index in [0.29, 0.717) is 16.7 Å². The summed E-state index contributed by atoms with van der Waals surface area (Å²) in [6.07, 6.45) is 0. The molecule has 0 aromatic heterocycles. The Kier molecular flexibility index (Phi) is 4.12. The van der Waals surface area contributed by atoms with Crippen molar-refractivity contribution in [3.8, 4) is 11.8 Å². The van der Waals surface area contributed by atoms with Gasteiger partial charge in [0.2, 0.25) is 0 Å². The maximum Gasteiger partial charge on any atom is 0.161 e. The molecule has 0 radical (unpaired) electrons. The summed E-state index contributed by atoms with van der Waals surface area (Å²) in [7, 11) is 0. The summed E-state index contributed by atoms with van der Waals surface area (Å²) in [5.74, 6) is 5.72. The monoisotopic (exact) mass is 262 g/mol. The second kappa shape index (κ2) is 5.99. The number of rotatable bonds is 2. The molecule has 0 spiro atoms. The first-order valence-electron chi connectivity index (χ1n) is 6.31. The summed E-state index contributed by atoms with van der Waals surface area (Å²) in [5, 5.41) is 0. The van der Waals surface area contributed by atoms with Crippen LogP contribution >= 0.6 is 0 Å². The lowest BCUT2D eigenvalue weighted by molar-refractivity contribution is 0.0980. The van der Waals surface area contributed by atoms with E-state index in [1.165, 1.54) is 13.8 Å². The van der Waals surface area contributed by atoms with Gasteiger partial charge in [-0.3, -0.25) is 9.59 Å². The molecule has 2 nitrogen and oxygen atoms in total. The summed E-state index contributed by atoms with van der Waals surface area (Å²) in [6.45, 7) is 2.91. The van der Waals surface area contributed by atoms with Crippen LogP contribution in [0.4, 0.5) is 0 Å². The van der Waals surface area contributed by atoms with Gasteiger partial charge in [-0.15, -0.1) is 0 Å². The van der Waals surface area contributed by atoms with E-state index in [1.54, 1.807) is 18.2 Å². The maximum atomic E-state index is 11.8. The van der Waals surface area contributed by atoms with E-state index in [9.17, 15) is 9.59 Å². The normalized spacial score (nSPS) is 9.50. The van der Waals surface area contributed by atoms with Gasteiger partial charge in [-0.1, -0.05) is 42.2 Å². The minimum Gasteiger partial charge on any atom is -0.294 e. The molecular weight excluding hydrogens is 248 g/mol. The molecule has 2 aromatic rings. The van der Waals surface area contributed by atoms with Crippen LogP contribution in [-0.4, -0.2) is 11.6 Å². The minimum atomic E-state index is -0.145. The molecule has 2 rings (SSSR count). The van der Waals surface area contributed by atoms with Gasteiger partial charge in [-0.25, -0.2) is 0 Å². The lowest BCUT2D eigenvalue weighted by Crippen LogP contribution is -2.06. The molecule has 20 heavy (non-hydrogen) atoms. The Bertz CT molecular complexity index is 716. The fourth-order valence-electron chi connectivity index (χ4n) is 1.99. The summed E-state index contributed by atoms with van der Waals surface area (Å²) in [4.78, 5) is 23.4. The van der Waals surface area contributed by atoms with Crippen molar-refractivity contribution in [2.45, 2.75) is 13.8 Å². The van der Waals surface area contributed by atoms with E-state index in [-0.39, 0.29) is 11.6 Å². The third-order valence-electron chi connectivity index (χ3n) is 2.91. The molecular formula is C18H14O2. The van der Waals surface area contributed by atoms with Crippen LogP contribution in [0.25, 0.3) is 0 Å². The largest absolute Gasteiger partial charge is 0.294 e. The Morgan fingerprint density at radius 1 is 0.800 bits per heavy atom. The Morgan fingerprint density at radius 3 is 2.10 bits per heavy atom. The van der Waals surface area contributed by atoms with E-state index in [1.807, 2.05) is 30.3 Å². The molecule has 98 valence electrons. The zero-order chi connectivity index (χ0) is 14.5. The predicted octanol–water partition coefficient (Wildman–Crippen LogP) is 3.49. The number of Topliss-reactive ketones (excluding diaryl/α,β-unsaturated/α-hetero) is 2. The van der Waals surface area contributed by atoms with Gasteiger partial charge >= 0.3 is 0 Å². The summed E-state index contributed by atoms with van der Waals surface area (Å²) >= 11 is 0. The van der Waals surface area contributed by atoms with Gasteiger partial charge in [0.1, 0.15) is 0 Å². The molecule has 0 aliphatic carbocycles. The van der Waals surface area contributed by atoms with Crippen LogP contribution in [0, 0.1) is 11.8 Å². The van der Waals surface area contributed by atoms with Crippen LogP contribution in [-0.2, 0) is 0 Å². The highest BCUT2D eigenvalue weighted by molar-refractivity contribution is 6.08. The smallest absolute Gasteiger partial charge is 0.161 e. The SMILES string of the molecule is CC(=O)c1cccc(C#Cc2ccccc2)c1C(C)=O. The first kappa shape index (κ1) is 13.8. The summed E-state index contributed by atoms with van der Waals surface area (Å²) in [5.41, 5.74) is 2.30. The predicted molar refractivity (Wildman–Crippen MR) is 78.9 cm³/mol. The number of benzene rings is 2. The van der Waals surface area contributed by atoms with Crippen LogP contribution in [0.2, 0.25) is 0 Å². The highest BCUT2D eigenvalue weighted by Crippen LogP contribution is 2.16. The lowest BCUT2D eigenvalue weighted by atomic mass is 9.96. The van der Waals surface area contributed by atoms with Crippen LogP contribution in [0.1, 0.15) is 45.7 Å². The van der Waals surface area contributed by atoms with Gasteiger partial charge in [-0.05, 0) is 32.0 Å². The van der Waals surface area contributed by atoms with Gasteiger partial charge < -0.3 is 0 Å². The third-order valence-corrected chi connectivity index (χ3v) is 2.91. The Hall–Kier alpha value is -2.66. The van der Waals surface area contributed by atoms with Crippen molar-refractivity contribution in [3.05, 3.63) is 70.8 Å². The number of hydrogen-bond acceptors (Lipinski definition) is 2. The standard InChI is InChI=1S/C18H14O2/c1-13(19)17-10-6-9-16(18(17)14(2)20)12-11-15-7-4-3-5-8-15/h3-10H,1-2H3. The minimum absolute atomic E-state index is 0.126. The maximum absolute atomic E-state index is 11.8. The van der Waals surface area contributed by atoms with Crippen LogP contribution in [0.15, 0.2) is 48.5 Å². The van der Waals surface area contributed by atoms with Crippen LogP contribution in [0.5, 0.6) is 0 Å². The van der Waals surface area contributed by atoms with Crippen molar-refractivity contribution in [2.24, 2.45) is 0 Å². The number of carbonyl (C=O) groups excluding carboxylic acids is 2. The molecule has 0 fully saturated rings. The third kappa shape index (κ3) is 3.02. The average Bonchev–Trinajstić information content (AvgIpc) is 2.45. The van der Waals surface area contributed by atoms with Gasteiger partial charge in [0, 0.05) is 22.3 Å². The number of hydrogen-bond donors (Lipinski definition) is 0. The zero-order valence-corrected chi connectivity index (χ0v) is 11.4. The Labute approximate surface area is 118 Å². The second-order valence-corrected chi connectivity index (χ2v) is 4.46. The van der Waals surface area contributed by atoms with Crippen molar-refractivity contribution in [1.82, 2.24) is 0 Å². The van der Waals surface area contributed by atoms with E-state index < -0.39 is 0 Å². The van der Waals surface area contributed by atoms with Crippen molar-refractivity contribution in [2.75, 3.05) is 0 Å². The Morgan fingerprint density at radius 2 is 1.50 bits per heavy atom. The van der Waals surface area contributed by atoms with E-state index in [2.05, 4.69) is 11.8 Å². The first-order valence-corrected chi connectivity index (χ1v) is 6.31. The molecule has 2 aromatic carbocycles. The molecule has 0 saturated carbocycles. The van der Waals surface area contributed by atoms with E-state index in [0.717, 1.165) is 5.56 Å². The highest BCUT2D eigenvalue weighted by atomic mass is 16.1. The van der Waals surface area contributed by atoms with Crippen molar-refractivity contribution in [1.29, 1.82) is 0 Å². The molecule has 2 heteroatoms. The molecule has 0 saturated heterocycles. The highest BCUT2D eigenvalue weighted by Gasteiger charge is 2.14. The molecule has 0 unspecified atom stereocenters. The quantitative estimate of drug-likeness (QED) is 0.613. The fourth-order valence-corrected chi connectivity index (χ4v) is 1.99. The fraction of sp³-hybridized carbons (Fsp3) is 0.111. The van der Waals surface area contributed by atoms with Crippen molar-refractivity contribution < 1.29 is 9.59 Å². The van der Waals surface area contributed by atoms with E-state index >= 15 is 0 Å². The van der Waals surface area contributed by atoms with Gasteiger partial charge in [0.15, 0.2) is 11.6 Å². The molecule has 0 aliphatic rings. The molecule has 0 aliphatic heterocycles. The second-order valence-electron chi connectivity index (χ2n) is 4.46. The van der Waals surface area contributed by atoms with Gasteiger partial charge in [0.25, 0.3) is 0 Å². The number of carbonyl (C=O) groups is 2. The topological polar surface area (TPSA) is 34.1 Å². The van der Waals surface area contributed by atoms with Crippen LogP contribution < -0.4 is 0 Å². The molecule has 0 amide bonds. The van der Waals surface area contributed by atoms with Crippen LogP contribution in [0.3, 0.4) is 0 Å². The van der Waals surface area contributed by atoms with Crippen molar-refractivity contribution in [3.63, 3.8) is 0 Å². The molecule has 0 bridgehead atoms. The lowest BCUT2D eigenvalue weighted by Gasteiger charge is -2.05. The summed E-state index contributed by atoms with van der Waals surface area (Å²) < 4.78 is 0. The molecule has 0 atom stereocenters. The molecule has 0 N–H and O–H groups in total. The van der Waals surface area contributed by atoms with Gasteiger partial charge in [0.05, 0.1) is 0 Å². The first-order chi connectivity index (χ1) is 9.59. The number of ketones is 2. The van der Waals surface area contributed by atoms with Crippen molar-refractivity contribution >= 4 is 11.6 Å². The van der Waals surface area contributed by atoms with Gasteiger partial charge in [-0.2, -0.15) is 0 Å².